The number of ether oxygens (including phenoxy) is 1. The number of carbonyl (C=O) groups is 1. The van der Waals surface area contributed by atoms with Crippen LogP contribution in [0.2, 0.25) is 0 Å². The quantitative estimate of drug-likeness (QED) is 0.406. The van der Waals surface area contributed by atoms with Crippen molar-refractivity contribution in [3.8, 4) is 0 Å². The summed E-state index contributed by atoms with van der Waals surface area (Å²) < 4.78 is 4.68. The first-order chi connectivity index (χ1) is 9.72. The average Bonchev–Trinajstić information content (AvgIpc) is 2.50. The highest BCUT2D eigenvalue weighted by atomic mass is 16.5. The average molecular weight is 272 g/mol. The fraction of sp³-hybridized carbons (Fsp3) is 0.389. The van der Waals surface area contributed by atoms with Gasteiger partial charge in [0, 0.05) is 6.08 Å². The van der Waals surface area contributed by atoms with Crippen LogP contribution in [-0.4, -0.2) is 13.1 Å². The van der Waals surface area contributed by atoms with Crippen LogP contribution in [0.25, 0.3) is 5.57 Å². The van der Waals surface area contributed by atoms with E-state index in [2.05, 4.69) is 42.8 Å². The van der Waals surface area contributed by atoms with Gasteiger partial charge in [-0.1, -0.05) is 63.1 Å². The Balaban J connectivity index is 3.18. The number of hydrogen-bond acceptors (Lipinski definition) is 2. The molecular weight excluding hydrogens is 248 g/mol. The number of esters is 1. The van der Waals surface area contributed by atoms with Crippen LogP contribution in [-0.2, 0) is 9.53 Å². The topological polar surface area (TPSA) is 26.3 Å². The van der Waals surface area contributed by atoms with Crippen molar-refractivity contribution in [2.24, 2.45) is 0 Å². The van der Waals surface area contributed by atoms with Gasteiger partial charge in [0.2, 0.25) is 0 Å². The van der Waals surface area contributed by atoms with Gasteiger partial charge < -0.3 is 4.74 Å². The van der Waals surface area contributed by atoms with Gasteiger partial charge in [0.05, 0.1) is 7.11 Å². The van der Waals surface area contributed by atoms with Gasteiger partial charge in [-0.05, 0) is 29.6 Å². The maximum absolute atomic E-state index is 11.3. The highest BCUT2D eigenvalue weighted by Crippen LogP contribution is 2.27. The normalized spacial score (nSPS) is 12.3. The molecule has 0 aliphatic rings. The minimum absolute atomic E-state index is 0.303. The van der Waals surface area contributed by atoms with E-state index in [1.807, 2.05) is 12.1 Å². The van der Waals surface area contributed by atoms with Gasteiger partial charge in [-0.2, -0.15) is 0 Å². The number of methoxy groups -OCH3 is 1. The second kappa shape index (κ2) is 9.13. The van der Waals surface area contributed by atoms with Gasteiger partial charge in [-0.25, -0.2) is 4.79 Å². The van der Waals surface area contributed by atoms with Crippen molar-refractivity contribution >= 4 is 11.5 Å². The van der Waals surface area contributed by atoms with E-state index >= 15 is 0 Å². The van der Waals surface area contributed by atoms with Crippen LogP contribution in [0.5, 0.6) is 0 Å². The third kappa shape index (κ3) is 5.04. The lowest BCUT2D eigenvalue weighted by molar-refractivity contribution is -0.134. The van der Waals surface area contributed by atoms with Crippen molar-refractivity contribution in [3.05, 3.63) is 53.6 Å². The summed E-state index contributed by atoms with van der Waals surface area (Å²) in [4.78, 5) is 11.3. The third-order valence-corrected chi connectivity index (χ3v) is 3.15. The molecule has 20 heavy (non-hydrogen) atoms. The lowest BCUT2D eigenvalue weighted by atomic mass is 9.93. The van der Waals surface area contributed by atoms with Crippen molar-refractivity contribution in [1.29, 1.82) is 0 Å². The Morgan fingerprint density at radius 3 is 2.25 bits per heavy atom. The van der Waals surface area contributed by atoms with Crippen molar-refractivity contribution in [2.75, 3.05) is 7.11 Å². The van der Waals surface area contributed by atoms with Crippen molar-refractivity contribution in [2.45, 2.75) is 39.5 Å². The number of rotatable bonds is 7. The molecule has 0 fully saturated rings. The van der Waals surface area contributed by atoms with E-state index in [4.69, 9.17) is 0 Å². The maximum Gasteiger partial charge on any atom is 0.330 e. The molecular formula is C18H24O2. The van der Waals surface area contributed by atoms with E-state index < -0.39 is 0 Å². The lowest BCUT2D eigenvalue weighted by Crippen LogP contribution is -1.96. The zero-order valence-electron chi connectivity index (χ0n) is 12.7. The van der Waals surface area contributed by atoms with Crippen LogP contribution < -0.4 is 0 Å². The molecule has 0 aliphatic heterocycles. The van der Waals surface area contributed by atoms with Gasteiger partial charge in [-0.3, -0.25) is 0 Å². The molecule has 0 spiro atoms. The molecule has 0 radical (unpaired) electrons. The molecule has 0 heterocycles. The summed E-state index contributed by atoms with van der Waals surface area (Å²) in [6, 6.07) is 10.4. The Bertz CT molecular complexity index is 469. The van der Waals surface area contributed by atoms with E-state index in [0.717, 1.165) is 25.7 Å². The number of allylic oxidation sites excluding steroid dienone is 3. The number of benzene rings is 1. The molecule has 108 valence electrons. The Morgan fingerprint density at radius 1 is 1.05 bits per heavy atom. The fourth-order valence-electron chi connectivity index (χ4n) is 2.22. The third-order valence-electron chi connectivity index (χ3n) is 3.15. The van der Waals surface area contributed by atoms with E-state index in [1.165, 1.54) is 29.9 Å². The molecule has 1 aromatic carbocycles. The van der Waals surface area contributed by atoms with E-state index in [-0.39, 0.29) is 5.97 Å². The minimum Gasteiger partial charge on any atom is -0.466 e. The minimum atomic E-state index is -0.303. The highest BCUT2D eigenvalue weighted by Gasteiger charge is 2.06. The van der Waals surface area contributed by atoms with Gasteiger partial charge in [0.15, 0.2) is 0 Å². The zero-order valence-corrected chi connectivity index (χ0v) is 12.7. The largest absolute Gasteiger partial charge is 0.466 e. The van der Waals surface area contributed by atoms with Gasteiger partial charge in [0.25, 0.3) is 0 Å². The van der Waals surface area contributed by atoms with Crippen LogP contribution in [0, 0.1) is 0 Å². The lowest BCUT2D eigenvalue weighted by Gasteiger charge is -2.12. The first-order valence-corrected chi connectivity index (χ1v) is 7.26. The van der Waals surface area contributed by atoms with Crippen LogP contribution >= 0.6 is 0 Å². The van der Waals surface area contributed by atoms with Crippen LogP contribution in [0.4, 0.5) is 0 Å². The molecule has 2 heteroatoms. The SMILES string of the molecule is CCCC(/C=C/C(=O)OC)=C(\CCC)c1ccccc1. The molecule has 0 N–H and O–H groups in total. The highest BCUT2D eigenvalue weighted by molar-refractivity contribution is 5.83. The van der Waals surface area contributed by atoms with Gasteiger partial charge >= 0.3 is 5.97 Å². The van der Waals surface area contributed by atoms with Crippen LogP contribution in [0.1, 0.15) is 45.1 Å². The monoisotopic (exact) mass is 272 g/mol. The molecule has 2 nitrogen and oxygen atoms in total. The maximum atomic E-state index is 11.3. The van der Waals surface area contributed by atoms with E-state index in [1.54, 1.807) is 0 Å². The molecule has 0 saturated carbocycles. The summed E-state index contributed by atoms with van der Waals surface area (Å²) in [7, 11) is 1.40. The second-order valence-corrected chi connectivity index (χ2v) is 4.73. The Kier molecular flexibility index (Phi) is 7.41. The summed E-state index contributed by atoms with van der Waals surface area (Å²) >= 11 is 0. The van der Waals surface area contributed by atoms with Crippen LogP contribution in [0.15, 0.2) is 48.1 Å². The summed E-state index contributed by atoms with van der Waals surface area (Å²) in [5.41, 5.74) is 3.80. The first-order valence-electron chi connectivity index (χ1n) is 7.26. The first kappa shape index (κ1) is 16.2. The number of carbonyl (C=O) groups excluding carboxylic acids is 1. The predicted octanol–water partition coefficient (Wildman–Crippen LogP) is 4.77. The van der Waals surface area contributed by atoms with E-state index in [0.29, 0.717) is 0 Å². The molecule has 1 rings (SSSR count). The van der Waals surface area contributed by atoms with Crippen molar-refractivity contribution in [1.82, 2.24) is 0 Å². The molecule has 0 aromatic heterocycles. The number of hydrogen-bond donors (Lipinski definition) is 0. The van der Waals surface area contributed by atoms with Gasteiger partial charge in [-0.15, -0.1) is 0 Å². The Hall–Kier alpha value is -1.83. The Labute approximate surface area is 122 Å². The smallest absolute Gasteiger partial charge is 0.330 e. The standard InChI is InChI=1S/C18H24O2/c1-4-9-15(13-14-18(19)20-3)17(10-5-2)16-11-7-6-8-12-16/h6-8,11-14H,4-5,9-10H2,1-3H3/b14-13+,17-15-. The molecule has 0 unspecified atom stereocenters. The van der Waals surface area contributed by atoms with E-state index in [9.17, 15) is 4.79 Å². The zero-order chi connectivity index (χ0) is 14.8. The molecule has 1 aromatic rings. The van der Waals surface area contributed by atoms with Crippen molar-refractivity contribution in [3.63, 3.8) is 0 Å². The van der Waals surface area contributed by atoms with Gasteiger partial charge in [0.1, 0.15) is 0 Å². The molecule has 0 saturated heterocycles. The summed E-state index contributed by atoms with van der Waals surface area (Å²) in [6.07, 6.45) is 7.56. The summed E-state index contributed by atoms with van der Waals surface area (Å²) in [6.45, 7) is 4.33. The Morgan fingerprint density at radius 2 is 1.70 bits per heavy atom. The summed E-state index contributed by atoms with van der Waals surface area (Å²) in [5, 5.41) is 0. The molecule has 0 aliphatic carbocycles. The summed E-state index contributed by atoms with van der Waals surface area (Å²) in [5.74, 6) is -0.303. The van der Waals surface area contributed by atoms with Crippen molar-refractivity contribution < 1.29 is 9.53 Å². The second-order valence-electron chi connectivity index (χ2n) is 4.73. The van der Waals surface area contributed by atoms with Crippen LogP contribution in [0.3, 0.4) is 0 Å². The predicted molar refractivity (Wildman–Crippen MR) is 84.3 cm³/mol. The fourth-order valence-corrected chi connectivity index (χ4v) is 2.22. The molecule has 0 bridgehead atoms. The molecule has 0 amide bonds. The molecule has 0 atom stereocenters.